The van der Waals surface area contributed by atoms with Gasteiger partial charge in [0.15, 0.2) is 11.5 Å². The predicted octanol–water partition coefficient (Wildman–Crippen LogP) is 5.24. The van der Waals surface area contributed by atoms with Crippen molar-refractivity contribution in [2.75, 3.05) is 20.8 Å². The molecule has 7 nitrogen and oxygen atoms in total. The van der Waals surface area contributed by atoms with Crippen molar-refractivity contribution in [3.8, 4) is 28.5 Å². The van der Waals surface area contributed by atoms with Crippen LogP contribution < -0.4 is 9.47 Å². The van der Waals surface area contributed by atoms with Crippen molar-refractivity contribution in [2.24, 2.45) is 0 Å². The number of fused-ring (bicyclic) bond motifs is 1. The highest BCUT2D eigenvalue weighted by atomic mass is 35.5. The quantitative estimate of drug-likeness (QED) is 0.370. The number of nitrogens with one attached hydrogen (secondary N) is 1. The number of para-hydroxylation sites is 1. The van der Waals surface area contributed by atoms with Gasteiger partial charge in [-0.15, -0.1) is 0 Å². The lowest BCUT2D eigenvalue weighted by Gasteiger charge is -2.27. The number of methoxy groups -OCH3 is 2. The lowest BCUT2D eigenvalue weighted by molar-refractivity contribution is 0.0746. The summed E-state index contributed by atoms with van der Waals surface area (Å²) in [7, 11) is 3.20. The number of carbonyl (C=O) groups excluding carboxylic acids is 1. The van der Waals surface area contributed by atoms with Crippen molar-refractivity contribution in [1.82, 2.24) is 15.1 Å². The van der Waals surface area contributed by atoms with E-state index in [9.17, 15) is 9.90 Å². The summed E-state index contributed by atoms with van der Waals surface area (Å²) in [5.74, 6) is 1.24. The topological polar surface area (TPSA) is 87.7 Å². The summed E-state index contributed by atoms with van der Waals surface area (Å²) in [6, 6.07) is 19.8. The van der Waals surface area contributed by atoms with Crippen LogP contribution in [0.25, 0.3) is 11.3 Å². The number of benzene rings is 3. The molecular weight excluding hydrogens is 466 g/mol. The number of aromatic hydroxyl groups is 1. The molecule has 1 aliphatic heterocycles. The summed E-state index contributed by atoms with van der Waals surface area (Å²) in [6.07, 6.45) is 0.604. The summed E-state index contributed by atoms with van der Waals surface area (Å²) in [6.45, 7) is 0.453. The predicted molar refractivity (Wildman–Crippen MR) is 133 cm³/mol. The molecule has 1 aromatic heterocycles. The van der Waals surface area contributed by atoms with Crippen LogP contribution >= 0.6 is 11.6 Å². The highest BCUT2D eigenvalue weighted by molar-refractivity contribution is 6.30. The van der Waals surface area contributed by atoms with Crippen molar-refractivity contribution < 1.29 is 19.4 Å². The van der Waals surface area contributed by atoms with Crippen LogP contribution in [0.15, 0.2) is 66.7 Å². The average molecular weight is 490 g/mol. The molecule has 0 spiro atoms. The Bertz CT molecular complexity index is 1400. The Balaban J connectivity index is 1.55. The van der Waals surface area contributed by atoms with Crippen molar-refractivity contribution in [3.05, 3.63) is 94.1 Å². The number of halogens is 1. The molecule has 2 N–H and O–H groups in total. The van der Waals surface area contributed by atoms with Crippen LogP contribution in [0.2, 0.25) is 5.02 Å². The molecule has 0 unspecified atom stereocenters. The maximum absolute atomic E-state index is 13.6. The van der Waals surface area contributed by atoms with Gasteiger partial charge in [-0.1, -0.05) is 41.9 Å². The van der Waals surface area contributed by atoms with Gasteiger partial charge in [0.25, 0.3) is 5.91 Å². The molecule has 4 aromatic rings. The Labute approximate surface area is 207 Å². The second-order valence-corrected chi connectivity index (χ2v) is 8.71. The number of hydrogen-bond donors (Lipinski definition) is 2. The minimum absolute atomic E-state index is 0.0999. The van der Waals surface area contributed by atoms with Gasteiger partial charge in [0, 0.05) is 22.7 Å². The second-order valence-electron chi connectivity index (χ2n) is 8.27. The molecule has 8 heteroatoms. The smallest absolute Gasteiger partial charge is 0.273 e. The number of H-pyrrole nitrogens is 1. The van der Waals surface area contributed by atoms with Gasteiger partial charge in [0.05, 0.1) is 20.3 Å². The number of ether oxygens (including phenoxy) is 2. The Morgan fingerprint density at radius 1 is 1.03 bits per heavy atom. The lowest BCUT2D eigenvalue weighted by Crippen LogP contribution is -2.31. The minimum atomic E-state index is -0.412. The van der Waals surface area contributed by atoms with Crippen LogP contribution in [-0.4, -0.2) is 46.9 Å². The van der Waals surface area contributed by atoms with Crippen LogP contribution in [0.1, 0.15) is 33.2 Å². The summed E-state index contributed by atoms with van der Waals surface area (Å²) >= 11 is 6.33. The summed E-state index contributed by atoms with van der Waals surface area (Å²) in [5.41, 5.74) is 4.13. The fourth-order valence-electron chi connectivity index (χ4n) is 4.62. The van der Waals surface area contributed by atoms with Crippen LogP contribution in [0, 0.1) is 0 Å². The number of carbonyl (C=O) groups is 1. The largest absolute Gasteiger partial charge is 0.507 e. The fourth-order valence-corrected chi connectivity index (χ4v) is 4.81. The second kappa shape index (κ2) is 9.35. The molecule has 0 saturated heterocycles. The molecule has 35 heavy (non-hydrogen) atoms. The fraction of sp³-hybridized carbons (Fsp3) is 0.185. The van der Waals surface area contributed by atoms with Crippen LogP contribution in [0.4, 0.5) is 0 Å². The Hall–Kier alpha value is -3.97. The van der Waals surface area contributed by atoms with Gasteiger partial charge in [-0.3, -0.25) is 9.89 Å². The van der Waals surface area contributed by atoms with Gasteiger partial charge >= 0.3 is 0 Å². The van der Waals surface area contributed by atoms with Gasteiger partial charge < -0.3 is 19.5 Å². The third-order valence-electron chi connectivity index (χ3n) is 6.28. The standard InChI is InChI=1S/C27H24ClN3O4/c1-34-21-11-10-16(14-22(21)35-2)12-13-31-26(17-6-5-7-18(28)15-17)23-24(29-30-25(23)27(31)33)19-8-3-4-9-20(19)32/h3-11,14-15,26,32H,12-13H2,1-2H3,(H,29,30)/t26-/m1/s1. The van der Waals surface area contributed by atoms with Gasteiger partial charge in [0.1, 0.15) is 17.1 Å². The van der Waals surface area contributed by atoms with Gasteiger partial charge in [-0.25, -0.2) is 0 Å². The van der Waals surface area contributed by atoms with Crippen molar-refractivity contribution in [2.45, 2.75) is 12.5 Å². The van der Waals surface area contributed by atoms with E-state index in [1.54, 1.807) is 38.5 Å². The Morgan fingerprint density at radius 2 is 1.83 bits per heavy atom. The summed E-state index contributed by atoms with van der Waals surface area (Å²) in [5, 5.41) is 18.4. The summed E-state index contributed by atoms with van der Waals surface area (Å²) < 4.78 is 10.8. The molecule has 0 radical (unpaired) electrons. The molecule has 0 aliphatic carbocycles. The molecule has 0 fully saturated rings. The van der Waals surface area contributed by atoms with Crippen molar-refractivity contribution in [3.63, 3.8) is 0 Å². The highest BCUT2D eigenvalue weighted by Gasteiger charge is 2.42. The van der Waals surface area contributed by atoms with E-state index >= 15 is 0 Å². The van der Waals surface area contributed by atoms with E-state index in [2.05, 4.69) is 10.2 Å². The third kappa shape index (κ3) is 4.08. The van der Waals surface area contributed by atoms with Gasteiger partial charge in [0.2, 0.25) is 0 Å². The molecule has 5 rings (SSSR count). The number of aromatic nitrogens is 2. The van der Waals surface area contributed by atoms with Crippen LogP contribution in [0.5, 0.6) is 17.2 Å². The molecule has 178 valence electrons. The first-order chi connectivity index (χ1) is 17.0. The maximum atomic E-state index is 13.6. The first-order valence-corrected chi connectivity index (χ1v) is 11.5. The van der Waals surface area contributed by atoms with Gasteiger partial charge in [-0.2, -0.15) is 5.10 Å². The Kier molecular flexibility index (Phi) is 6.09. The minimum Gasteiger partial charge on any atom is -0.507 e. The zero-order valence-corrected chi connectivity index (χ0v) is 20.0. The monoisotopic (exact) mass is 489 g/mol. The van der Waals surface area contributed by atoms with E-state index in [0.29, 0.717) is 46.4 Å². The van der Waals surface area contributed by atoms with E-state index < -0.39 is 6.04 Å². The number of phenolic OH excluding ortho intramolecular Hbond substituents is 1. The van der Waals surface area contributed by atoms with Gasteiger partial charge in [-0.05, 0) is 53.9 Å². The summed E-state index contributed by atoms with van der Waals surface area (Å²) in [4.78, 5) is 15.4. The average Bonchev–Trinajstić information content (AvgIpc) is 3.41. The maximum Gasteiger partial charge on any atom is 0.273 e. The molecular formula is C27H24ClN3O4. The molecule has 1 atom stereocenters. The third-order valence-corrected chi connectivity index (χ3v) is 6.51. The Morgan fingerprint density at radius 3 is 2.57 bits per heavy atom. The SMILES string of the molecule is COc1ccc(CCN2C(=O)c3[nH]nc(-c4ccccc4O)c3[C@H]2c2cccc(Cl)c2)cc1OC. The van der Waals surface area contributed by atoms with Crippen molar-refractivity contribution >= 4 is 17.5 Å². The van der Waals surface area contributed by atoms with Crippen LogP contribution in [-0.2, 0) is 6.42 Å². The zero-order valence-electron chi connectivity index (χ0n) is 19.3. The van der Waals surface area contributed by atoms with E-state index in [4.69, 9.17) is 21.1 Å². The zero-order chi connectivity index (χ0) is 24.5. The van der Waals surface area contributed by atoms with E-state index in [1.807, 2.05) is 47.4 Å². The molecule has 0 bridgehead atoms. The number of nitrogens with zero attached hydrogens (tertiary/aromatic N) is 2. The molecule has 3 aromatic carbocycles. The number of phenols is 1. The number of rotatable bonds is 7. The molecule has 0 saturated carbocycles. The molecule has 1 amide bonds. The number of amides is 1. The number of hydrogen-bond acceptors (Lipinski definition) is 5. The number of aromatic amines is 1. The first-order valence-electron chi connectivity index (χ1n) is 11.2. The normalized spacial score (nSPS) is 14.8. The van der Waals surface area contributed by atoms with E-state index in [0.717, 1.165) is 16.7 Å². The molecule has 2 heterocycles. The first kappa shape index (κ1) is 22.8. The van der Waals surface area contributed by atoms with E-state index in [-0.39, 0.29) is 11.7 Å². The van der Waals surface area contributed by atoms with E-state index in [1.165, 1.54) is 0 Å². The molecule has 1 aliphatic rings. The highest BCUT2D eigenvalue weighted by Crippen LogP contribution is 2.44. The van der Waals surface area contributed by atoms with Crippen LogP contribution in [0.3, 0.4) is 0 Å². The van der Waals surface area contributed by atoms with Crippen molar-refractivity contribution in [1.29, 1.82) is 0 Å². The lowest BCUT2D eigenvalue weighted by atomic mass is 9.95.